The Kier molecular flexibility index (Phi) is 12.4. The van der Waals surface area contributed by atoms with Gasteiger partial charge in [-0.25, -0.2) is 5.43 Å². The Hall–Kier alpha value is -4.36. The molecule has 0 aliphatic heterocycles. The standard InChI is InChI=1S/C35H40N4O6S2/c1-22(27-21-46-31(30(27)40)24-10-12-26(13-11-24)35(2,3)4)38-39-34(43)29-15-14-28(47-29)33(42)37-20-23-6-8-25(9-7-23)32(41)36-16-17-45-19-18-44-5/h6-15,21,40H,16-20H2,1-5H3,(H,36,41)(H,37,42)(H,39,43)/b38-22+. The fourth-order valence-electron chi connectivity index (χ4n) is 4.39. The number of benzene rings is 2. The molecular formula is C35H40N4O6S2. The van der Waals surface area contributed by atoms with Crippen LogP contribution in [0.2, 0.25) is 0 Å². The van der Waals surface area contributed by atoms with Crippen molar-refractivity contribution < 1.29 is 29.0 Å². The van der Waals surface area contributed by atoms with Crippen molar-refractivity contribution in [1.29, 1.82) is 0 Å². The second-order valence-corrected chi connectivity index (χ2v) is 13.7. The molecule has 0 saturated carbocycles. The van der Waals surface area contributed by atoms with E-state index in [4.69, 9.17) is 9.47 Å². The molecule has 0 spiro atoms. The van der Waals surface area contributed by atoms with E-state index in [2.05, 4.69) is 54.1 Å². The van der Waals surface area contributed by atoms with Gasteiger partial charge in [0, 0.05) is 31.1 Å². The van der Waals surface area contributed by atoms with Gasteiger partial charge in [-0.1, -0.05) is 57.2 Å². The fourth-order valence-corrected chi connectivity index (χ4v) is 6.22. The molecule has 2 heterocycles. The summed E-state index contributed by atoms with van der Waals surface area (Å²) in [5.74, 6) is -0.882. The number of nitrogens with zero attached hydrogens (tertiary/aromatic N) is 1. The maximum Gasteiger partial charge on any atom is 0.281 e. The van der Waals surface area contributed by atoms with Crippen LogP contribution in [0.5, 0.6) is 5.75 Å². The summed E-state index contributed by atoms with van der Waals surface area (Å²) in [4.78, 5) is 39.3. The highest BCUT2D eigenvalue weighted by molar-refractivity contribution is 7.16. The molecule has 47 heavy (non-hydrogen) atoms. The van der Waals surface area contributed by atoms with Crippen LogP contribution in [0.1, 0.15) is 74.1 Å². The van der Waals surface area contributed by atoms with E-state index in [9.17, 15) is 19.5 Å². The molecular weight excluding hydrogens is 637 g/mol. The van der Waals surface area contributed by atoms with Gasteiger partial charge >= 0.3 is 0 Å². The number of carbonyl (C=O) groups is 3. The molecule has 4 rings (SSSR count). The van der Waals surface area contributed by atoms with Crippen molar-refractivity contribution in [3.8, 4) is 16.2 Å². The molecule has 4 N–H and O–H groups in total. The summed E-state index contributed by atoms with van der Waals surface area (Å²) in [5.41, 5.74) is 6.98. The SMILES string of the molecule is COCCOCCNC(=O)c1ccc(CNC(=O)c2ccc(C(=O)N/N=C(\C)c3csc(-c4ccc(C(C)(C)C)cc4)c3O)s2)cc1. The van der Waals surface area contributed by atoms with Crippen LogP contribution in [0.25, 0.3) is 10.4 Å². The van der Waals surface area contributed by atoms with Gasteiger partial charge in [-0.3, -0.25) is 14.4 Å². The van der Waals surface area contributed by atoms with Gasteiger partial charge in [0.25, 0.3) is 17.7 Å². The van der Waals surface area contributed by atoms with Crippen LogP contribution < -0.4 is 16.1 Å². The van der Waals surface area contributed by atoms with Crippen LogP contribution in [0.15, 0.2) is 71.1 Å². The molecule has 248 valence electrons. The van der Waals surface area contributed by atoms with Gasteiger partial charge in [0.2, 0.25) is 0 Å². The third-order valence-electron chi connectivity index (χ3n) is 7.18. The van der Waals surface area contributed by atoms with Gasteiger partial charge < -0.3 is 25.2 Å². The summed E-state index contributed by atoms with van der Waals surface area (Å²) in [6, 6.07) is 18.2. The average molecular weight is 677 g/mol. The maximum atomic E-state index is 12.8. The smallest absolute Gasteiger partial charge is 0.281 e. The molecule has 0 atom stereocenters. The van der Waals surface area contributed by atoms with Crippen LogP contribution in [-0.2, 0) is 21.4 Å². The highest BCUT2D eigenvalue weighted by Gasteiger charge is 2.18. The van der Waals surface area contributed by atoms with E-state index in [1.165, 1.54) is 16.9 Å². The second kappa shape index (κ2) is 16.5. The molecule has 0 aliphatic carbocycles. The Bertz CT molecular complexity index is 1700. The summed E-state index contributed by atoms with van der Waals surface area (Å²) in [7, 11) is 1.60. The Morgan fingerprint density at radius 3 is 2.19 bits per heavy atom. The maximum absolute atomic E-state index is 12.8. The van der Waals surface area contributed by atoms with Gasteiger partial charge in [-0.05, 0) is 53.3 Å². The second-order valence-electron chi connectivity index (χ2n) is 11.7. The third-order valence-corrected chi connectivity index (χ3v) is 9.28. The van der Waals surface area contributed by atoms with Crippen LogP contribution in [0.4, 0.5) is 0 Å². The molecule has 2 aromatic heterocycles. The average Bonchev–Trinajstić information content (AvgIpc) is 3.71. The summed E-state index contributed by atoms with van der Waals surface area (Å²) >= 11 is 2.46. The highest BCUT2D eigenvalue weighted by atomic mass is 32.1. The van der Waals surface area contributed by atoms with Crippen LogP contribution in [-0.4, -0.2) is 62.0 Å². The lowest BCUT2D eigenvalue weighted by molar-refractivity contribution is 0.0692. The van der Waals surface area contributed by atoms with Gasteiger partial charge in [-0.2, -0.15) is 5.10 Å². The zero-order valence-corrected chi connectivity index (χ0v) is 28.8. The van der Waals surface area contributed by atoms with Crippen molar-refractivity contribution >= 4 is 46.1 Å². The van der Waals surface area contributed by atoms with E-state index in [1.807, 2.05) is 17.5 Å². The summed E-state index contributed by atoms with van der Waals surface area (Å²) in [6.45, 7) is 10.2. The van der Waals surface area contributed by atoms with E-state index in [-0.39, 0.29) is 29.5 Å². The predicted octanol–water partition coefficient (Wildman–Crippen LogP) is 5.96. The Morgan fingerprint density at radius 1 is 0.851 bits per heavy atom. The van der Waals surface area contributed by atoms with Gasteiger partial charge in [0.05, 0.1) is 45.7 Å². The number of thiophene rings is 2. The number of methoxy groups -OCH3 is 1. The zero-order valence-electron chi connectivity index (χ0n) is 27.1. The Labute approximate surface area is 282 Å². The van der Waals surface area contributed by atoms with Gasteiger partial charge in [0.1, 0.15) is 5.75 Å². The summed E-state index contributed by atoms with van der Waals surface area (Å²) < 4.78 is 10.2. The molecule has 12 heteroatoms. The van der Waals surface area contributed by atoms with Gasteiger partial charge in [0.15, 0.2) is 0 Å². The van der Waals surface area contributed by atoms with Crippen LogP contribution in [0, 0.1) is 0 Å². The number of amides is 3. The van der Waals surface area contributed by atoms with Gasteiger partial charge in [-0.15, -0.1) is 22.7 Å². The molecule has 2 aromatic carbocycles. The number of nitrogens with one attached hydrogen (secondary N) is 3. The number of hydrazone groups is 1. The molecule has 0 saturated heterocycles. The first-order valence-electron chi connectivity index (χ1n) is 15.1. The van der Waals surface area contributed by atoms with Crippen molar-refractivity contribution in [2.24, 2.45) is 5.10 Å². The monoisotopic (exact) mass is 676 g/mol. The molecule has 0 unspecified atom stereocenters. The normalized spacial score (nSPS) is 11.7. The molecule has 0 bridgehead atoms. The van der Waals surface area contributed by atoms with Crippen molar-refractivity contribution in [1.82, 2.24) is 16.1 Å². The minimum Gasteiger partial charge on any atom is -0.506 e. The predicted molar refractivity (Wildman–Crippen MR) is 187 cm³/mol. The van der Waals surface area contributed by atoms with Crippen molar-refractivity contribution in [2.75, 3.05) is 33.5 Å². The largest absolute Gasteiger partial charge is 0.506 e. The number of hydrogen-bond donors (Lipinski definition) is 4. The minimum atomic E-state index is -0.462. The molecule has 0 fully saturated rings. The first-order chi connectivity index (χ1) is 22.5. The third kappa shape index (κ3) is 9.82. The van der Waals surface area contributed by atoms with Crippen molar-refractivity contribution in [3.05, 3.63) is 98.1 Å². The molecule has 0 radical (unpaired) electrons. The Morgan fingerprint density at radius 2 is 1.53 bits per heavy atom. The number of hydrogen-bond acceptors (Lipinski definition) is 9. The number of rotatable bonds is 14. The highest BCUT2D eigenvalue weighted by Crippen LogP contribution is 2.39. The first-order valence-corrected chi connectivity index (χ1v) is 16.8. The molecule has 10 nitrogen and oxygen atoms in total. The van der Waals surface area contributed by atoms with E-state index in [0.717, 1.165) is 27.3 Å². The molecule has 3 amide bonds. The number of ether oxygens (including phenoxy) is 2. The Balaban J connectivity index is 1.26. The van der Waals surface area contributed by atoms with E-state index in [1.54, 1.807) is 50.4 Å². The number of carbonyl (C=O) groups excluding carboxylic acids is 3. The summed E-state index contributed by atoms with van der Waals surface area (Å²) in [6.07, 6.45) is 0. The van der Waals surface area contributed by atoms with Crippen molar-refractivity contribution in [3.63, 3.8) is 0 Å². The quantitative estimate of drug-likeness (QED) is 0.0740. The lowest BCUT2D eigenvalue weighted by Gasteiger charge is -2.19. The zero-order chi connectivity index (χ0) is 34.0. The molecule has 0 aliphatic rings. The van der Waals surface area contributed by atoms with E-state index >= 15 is 0 Å². The topological polar surface area (TPSA) is 138 Å². The fraction of sp³-hybridized carbons (Fsp3) is 0.314. The number of aromatic hydroxyl groups is 1. The van der Waals surface area contributed by atoms with Crippen LogP contribution >= 0.6 is 22.7 Å². The van der Waals surface area contributed by atoms with E-state index < -0.39 is 5.91 Å². The lowest BCUT2D eigenvalue weighted by Crippen LogP contribution is -2.27. The first kappa shape index (κ1) is 35.5. The lowest BCUT2D eigenvalue weighted by atomic mass is 9.86. The van der Waals surface area contributed by atoms with Crippen LogP contribution in [0.3, 0.4) is 0 Å². The summed E-state index contributed by atoms with van der Waals surface area (Å²) in [5, 5.41) is 22.5. The minimum absolute atomic E-state index is 0.0335. The molecule has 4 aromatic rings. The van der Waals surface area contributed by atoms with E-state index in [0.29, 0.717) is 53.0 Å². The van der Waals surface area contributed by atoms with Crippen molar-refractivity contribution in [2.45, 2.75) is 39.7 Å².